The predicted octanol–water partition coefficient (Wildman–Crippen LogP) is 2.64. The number of carbonyl (C=O) groups is 3. The molecule has 1 aliphatic rings. The first-order valence-electron chi connectivity index (χ1n) is 9.18. The lowest BCUT2D eigenvalue weighted by Crippen LogP contribution is -2.30. The Balaban J connectivity index is 1.45. The summed E-state index contributed by atoms with van der Waals surface area (Å²) in [6.07, 6.45) is 2.73. The van der Waals surface area contributed by atoms with E-state index in [2.05, 4.69) is 10.1 Å². The number of carbonyl (C=O) groups excluding carboxylic acids is 3. The standard InChI is InChI=1S/C22H21NO7/c1-14(17-8-9-18-19(11-17)30-13-29-18)23-20(24)12-28-21(25)10-5-15-3-6-16(7-4-15)22(26)27-2/h3-11,14H,12-13H2,1-2H3,(H,23,24)/b10-5+/t14-/m1/s1. The average molecular weight is 411 g/mol. The third-order valence-electron chi connectivity index (χ3n) is 4.36. The van der Waals surface area contributed by atoms with Gasteiger partial charge in [-0.25, -0.2) is 9.59 Å². The van der Waals surface area contributed by atoms with Crippen LogP contribution < -0.4 is 14.8 Å². The largest absolute Gasteiger partial charge is 0.465 e. The zero-order valence-corrected chi connectivity index (χ0v) is 16.5. The fraction of sp³-hybridized carbons (Fsp3) is 0.227. The minimum absolute atomic E-state index is 0.179. The maximum Gasteiger partial charge on any atom is 0.337 e. The molecule has 0 fully saturated rings. The van der Waals surface area contributed by atoms with E-state index in [1.807, 2.05) is 13.0 Å². The molecule has 8 nitrogen and oxygen atoms in total. The van der Waals surface area contributed by atoms with E-state index in [1.54, 1.807) is 36.4 Å². The second-order valence-corrected chi connectivity index (χ2v) is 6.46. The summed E-state index contributed by atoms with van der Waals surface area (Å²) in [5, 5.41) is 2.76. The molecule has 1 amide bonds. The van der Waals surface area contributed by atoms with Crippen LogP contribution in [0.2, 0.25) is 0 Å². The Bertz CT molecular complexity index is 966. The van der Waals surface area contributed by atoms with Crippen LogP contribution in [-0.2, 0) is 19.1 Å². The highest BCUT2D eigenvalue weighted by atomic mass is 16.7. The summed E-state index contributed by atoms with van der Waals surface area (Å²) in [4.78, 5) is 35.3. The Kier molecular flexibility index (Phi) is 6.69. The van der Waals surface area contributed by atoms with E-state index in [1.165, 1.54) is 19.3 Å². The quantitative estimate of drug-likeness (QED) is 0.552. The second kappa shape index (κ2) is 9.60. The van der Waals surface area contributed by atoms with Gasteiger partial charge in [-0.1, -0.05) is 18.2 Å². The number of ether oxygens (including phenoxy) is 4. The minimum Gasteiger partial charge on any atom is -0.465 e. The van der Waals surface area contributed by atoms with E-state index in [0.717, 1.165) is 5.56 Å². The molecule has 0 radical (unpaired) electrons. The van der Waals surface area contributed by atoms with Gasteiger partial charge >= 0.3 is 11.9 Å². The van der Waals surface area contributed by atoms with Gasteiger partial charge in [-0.2, -0.15) is 0 Å². The summed E-state index contributed by atoms with van der Waals surface area (Å²) in [6, 6.07) is 11.6. The smallest absolute Gasteiger partial charge is 0.337 e. The molecule has 2 aromatic rings. The third-order valence-corrected chi connectivity index (χ3v) is 4.36. The Hall–Kier alpha value is -3.81. The van der Waals surface area contributed by atoms with Crippen molar-refractivity contribution in [3.63, 3.8) is 0 Å². The molecule has 0 aromatic heterocycles. The first kappa shape index (κ1) is 20.9. The van der Waals surface area contributed by atoms with Crippen LogP contribution in [0.25, 0.3) is 6.08 Å². The van der Waals surface area contributed by atoms with Crippen molar-refractivity contribution in [2.45, 2.75) is 13.0 Å². The Morgan fingerprint density at radius 3 is 2.57 bits per heavy atom. The van der Waals surface area contributed by atoms with Crippen LogP contribution in [0, 0.1) is 0 Å². The van der Waals surface area contributed by atoms with Crippen LogP contribution >= 0.6 is 0 Å². The first-order valence-corrected chi connectivity index (χ1v) is 9.18. The van der Waals surface area contributed by atoms with E-state index < -0.39 is 24.5 Å². The molecule has 3 rings (SSSR count). The maximum absolute atomic E-state index is 12.1. The van der Waals surface area contributed by atoms with E-state index >= 15 is 0 Å². The zero-order chi connectivity index (χ0) is 21.5. The molecule has 8 heteroatoms. The van der Waals surface area contributed by atoms with Crippen LogP contribution in [0.15, 0.2) is 48.5 Å². The lowest BCUT2D eigenvalue weighted by atomic mass is 10.1. The summed E-state index contributed by atoms with van der Waals surface area (Å²) in [5.41, 5.74) is 1.94. The summed E-state index contributed by atoms with van der Waals surface area (Å²) < 4.78 is 20.2. The summed E-state index contributed by atoms with van der Waals surface area (Å²) in [7, 11) is 1.30. The van der Waals surface area contributed by atoms with Crippen LogP contribution in [0.4, 0.5) is 0 Å². The molecular weight excluding hydrogens is 390 g/mol. The van der Waals surface area contributed by atoms with Gasteiger partial charge in [0.05, 0.1) is 18.7 Å². The van der Waals surface area contributed by atoms with Gasteiger partial charge in [-0.15, -0.1) is 0 Å². The van der Waals surface area contributed by atoms with Gasteiger partial charge in [0, 0.05) is 6.08 Å². The number of methoxy groups -OCH3 is 1. The monoisotopic (exact) mass is 411 g/mol. The highest BCUT2D eigenvalue weighted by Crippen LogP contribution is 2.34. The van der Waals surface area contributed by atoms with Gasteiger partial charge in [0.2, 0.25) is 6.79 Å². The topological polar surface area (TPSA) is 100 Å². The molecule has 1 atom stereocenters. The number of rotatable bonds is 7. The van der Waals surface area contributed by atoms with Crippen molar-refractivity contribution in [3.05, 3.63) is 65.2 Å². The maximum atomic E-state index is 12.1. The number of hydrogen-bond donors (Lipinski definition) is 1. The third kappa shape index (κ3) is 5.38. The molecule has 1 N–H and O–H groups in total. The van der Waals surface area contributed by atoms with E-state index in [4.69, 9.17) is 14.2 Å². The number of esters is 2. The molecule has 0 unspecified atom stereocenters. The average Bonchev–Trinajstić information content (AvgIpc) is 3.24. The Morgan fingerprint density at radius 1 is 1.10 bits per heavy atom. The molecule has 2 aromatic carbocycles. The van der Waals surface area contributed by atoms with E-state index in [9.17, 15) is 14.4 Å². The number of nitrogens with one attached hydrogen (secondary N) is 1. The lowest BCUT2D eigenvalue weighted by molar-refractivity contribution is -0.144. The van der Waals surface area contributed by atoms with Crippen molar-refractivity contribution in [2.75, 3.05) is 20.5 Å². The highest BCUT2D eigenvalue weighted by molar-refractivity contribution is 5.91. The predicted molar refractivity (Wildman–Crippen MR) is 107 cm³/mol. The molecular formula is C22H21NO7. The van der Waals surface area contributed by atoms with Crippen molar-refractivity contribution in [1.29, 1.82) is 0 Å². The lowest BCUT2D eigenvalue weighted by Gasteiger charge is -2.14. The van der Waals surface area contributed by atoms with Gasteiger partial charge in [-0.3, -0.25) is 4.79 Å². The molecule has 0 saturated heterocycles. The summed E-state index contributed by atoms with van der Waals surface area (Å²) in [5.74, 6) is -0.226. The summed E-state index contributed by atoms with van der Waals surface area (Å²) >= 11 is 0. The molecule has 1 aliphatic heterocycles. The van der Waals surface area contributed by atoms with Crippen molar-refractivity contribution in [3.8, 4) is 11.5 Å². The fourth-order valence-corrected chi connectivity index (χ4v) is 2.75. The fourth-order valence-electron chi connectivity index (χ4n) is 2.75. The SMILES string of the molecule is COC(=O)c1ccc(/C=C/C(=O)OCC(=O)N[C@H](C)c2ccc3c(c2)OCO3)cc1. The van der Waals surface area contributed by atoms with Gasteiger partial charge in [0.15, 0.2) is 18.1 Å². The Labute approximate surface area is 173 Å². The summed E-state index contributed by atoms with van der Waals surface area (Å²) in [6.45, 7) is 1.59. The molecule has 30 heavy (non-hydrogen) atoms. The zero-order valence-electron chi connectivity index (χ0n) is 16.5. The number of hydrogen-bond acceptors (Lipinski definition) is 7. The van der Waals surface area contributed by atoms with E-state index in [-0.39, 0.29) is 12.8 Å². The number of amides is 1. The van der Waals surface area contributed by atoms with Gasteiger partial charge < -0.3 is 24.3 Å². The van der Waals surface area contributed by atoms with Gasteiger partial charge in [0.25, 0.3) is 5.91 Å². The van der Waals surface area contributed by atoms with Crippen molar-refractivity contribution in [1.82, 2.24) is 5.32 Å². The number of benzene rings is 2. The molecule has 1 heterocycles. The Morgan fingerprint density at radius 2 is 1.83 bits per heavy atom. The first-order chi connectivity index (χ1) is 14.5. The van der Waals surface area contributed by atoms with Crippen LogP contribution in [0.1, 0.15) is 34.5 Å². The number of fused-ring (bicyclic) bond motifs is 1. The second-order valence-electron chi connectivity index (χ2n) is 6.46. The van der Waals surface area contributed by atoms with Crippen LogP contribution in [0.3, 0.4) is 0 Å². The van der Waals surface area contributed by atoms with Crippen LogP contribution in [0.5, 0.6) is 11.5 Å². The van der Waals surface area contributed by atoms with Crippen molar-refractivity contribution in [2.24, 2.45) is 0 Å². The molecule has 0 bridgehead atoms. The highest BCUT2D eigenvalue weighted by Gasteiger charge is 2.17. The minimum atomic E-state index is -0.655. The van der Waals surface area contributed by atoms with E-state index in [0.29, 0.717) is 22.6 Å². The normalized spacial score (nSPS) is 13.0. The molecule has 0 aliphatic carbocycles. The van der Waals surface area contributed by atoms with Gasteiger partial charge in [-0.05, 0) is 48.4 Å². The molecule has 0 spiro atoms. The van der Waals surface area contributed by atoms with Crippen LogP contribution in [-0.4, -0.2) is 38.4 Å². The molecule has 0 saturated carbocycles. The molecule has 156 valence electrons. The van der Waals surface area contributed by atoms with Crippen molar-refractivity contribution < 1.29 is 33.3 Å². The van der Waals surface area contributed by atoms with Crippen molar-refractivity contribution >= 4 is 23.9 Å². The van der Waals surface area contributed by atoms with Gasteiger partial charge in [0.1, 0.15) is 0 Å².